The van der Waals surface area contributed by atoms with Crippen LogP contribution in [-0.2, 0) is 10.0 Å². The highest BCUT2D eigenvalue weighted by Crippen LogP contribution is 2.28. The van der Waals surface area contributed by atoms with Crippen LogP contribution in [0, 0.1) is 19.8 Å². The van der Waals surface area contributed by atoms with Crippen molar-refractivity contribution >= 4 is 31.6 Å². The lowest BCUT2D eigenvalue weighted by molar-refractivity contribution is 0.578. The molecule has 5 heteroatoms. The van der Waals surface area contributed by atoms with E-state index in [0.717, 1.165) is 15.6 Å². The third kappa shape index (κ3) is 4.61. The molecule has 1 aromatic carbocycles. The zero-order chi connectivity index (χ0) is 13.9. The Labute approximate surface area is 118 Å². The molecule has 0 aliphatic heterocycles. The molecule has 102 valence electrons. The van der Waals surface area contributed by atoms with E-state index in [0.29, 0.717) is 18.0 Å². The molecule has 0 aliphatic carbocycles. The van der Waals surface area contributed by atoms with Crippen molar-refractivity contribution in [2.75, 3.05) is 10.5 Å². The van der Waals surface area contributed by atoms with Gasteiger partial charge in [-0.25, -0.2) is 8.42 Å². The zero-order valence-electron chi connectivity index (χ0n) is 11.2. The summed E-state index contributed by atoms with van der Waals surface area (Å²) in [5, 5.41) is 0. The Morgan fingerprint density at radius 1 is 1.28 bits per heavy atom. The minimum absolute atomic E-state index is 0.157. The van der Waals surface area contributed by atoms with Gasteiger partial charge in [0.2, 0.25) is 10.0 Å². The SMILES string of the molecule is Cc1cc(C)c(NS(=O)(=O)CCC(C)C)c(Br)c1. The smallest absolute Gasteiger partial charge is 0.232 e. The van der Waals surface area contributed by atoms with Gasteiger partial charge in [-0.15, -0.1) is 0 Å². The lowest BCUT2D eigenvalue weighted by Crippen LogP contribution is -2.18. The molecule has 3 nitrogen and oxygen atoms in total. The Hall–Kier alpha value is -0.550. The number of anilines is 1. The predicted octanol–water partition coefficient (Wildman–Crippen LogP) is 3.85. The van der Waals surface area contributed by atoms with Crippen LogP contribution in [-0.4, -0.2) is 14.2 Å². The fraction of sp³-hybridized carbons (Fsp3) is 0.538. The Morgan fingerprint density at radius 2 is 1.89 bits per heavy atom. The minimum Gasteiger partial charge on any atom is -0.282 e. The lowest BCUT2D eigenvalue weighted by Gasteiger charge is -2.14. The van der Waals surface area contributed by atoms with Crippen LogP contribution in [0.15, 0.2) is 16.6 Å². The number of hydrogen-bond donors (Lipinski definition) is 1. The van der Waals surface area contributed by atoms with E-state index < -0.39 is 10.0 Å². The van der Waals surface area contributed by atoms with E-state index in [1.54, 1.807) is 0 Å². The van der Waals surface area contributed by atoms with Crippen molar-refractivity contribution in [3.63, 3.8) is 0 Å². The number of nitrogens with one attached hydrogen (secondary N) is 1. The van der Waals surface area contributed by atoms with Gasteiger partial charge in [0.15, 0.2) is 0 Å². The topological polar surface area (TPSA) is 46.2 Å². The summed E-state index contributed by atoms with van der Waals surface area (Å²) < 4.78 is 27.4. The normalized spacial score (nSPS) is 11.9. The molecule has 0 radical (unpaired) electrons. The summed E-state index contributed by atoms with van der Waals surface area (Å²) in [6.45, 7) is 7.91. The average Bonchev–Trinajstić information content (AvgIpc) is 2.21. The number of hydrogen-bond acceptors (Lipinski definition) is 2. The maximum Gasteiger partial charge on any atom is 0.232 e. The number of sulfonamides is 1. The maximum atomic E-state index is 12.0. The van der Waals surface area contributed by atoms with E-state index in [4.69, 9.17) is 0 Å². The van der Waals surface area contributed by atoms with Gasteiger partial charge < -0.3 is 0 Å². The Bertz CT molecular complexity index is 501. The van der Waals surface area contributed by atoms with E-state index in [-0.39, 0.29) is 5.75 Å². The van der Waals surface area contributed by atoms with Gasteiger partial charge in [-0.1, -0.05) is 19.9 Å². The van der Waals surface area contributed by atoms with Gasteiger partial charge in [0.25, 0.3) is 0 Å². The Balaban J connectivity index is 2.91. The summed E-state index contributed by atoms with van der Waals surface area (Å²) in [7, 11) is -3.27. The molecule has 0 bridgehead atoms. The number of benzene rings is 1. The van der Waals surface area contributed by atoms with Gasteiger partial charge in [0.05, 0.1) is 11.4 Å². The second-order valence-electron chi connectivity index (χ2n) is 5.04. The van der Waals surface area contributed by atoms with E-state index in [2.05, 4.69) is 20.7 Å². The van der Waals surface area contributed by atoms with Gasteiger partial charge in [0, 0.05) is 4.47 Å². The molecule has 0 spiro atoms. The summed E-state index contributed by atoms with van der Waals surface area (Å²) >= 11 is 3.40. The summed E-state index contributed by atoms with van der Waals surface area (Å²) in [6, 6.07) is 3.87. The summed E-state index contributed by atoms with van der Waals surface area (Å²) in [4.78, 5) is 0. The van der Waals surface area contributed by atoms with Gasteiger partial charge in [-0.2, -0.15) is 0 Å². The molecule has 0 atom stereocenters. The molecule has 0 aromatic heterocycles. The molecule has 0 unspecified atom stereocenters. The van der Waals surface area contributed by atoms with Crippen LogP contribution < -0.4 is 4.72 Å². The van der Waals surface area contributed by atoms with Gasteiger partial charge >= 0.3 is 0 Å². The summed E-state index contributed by atoms with van der Waals surface area (Å²) in [5.74, 6) is 0.536. The van der Waals surface area contributed by atoms with Crippen molar-refractivity contribution < 1.29 is 8.42 Å². The Morgan fingerprint density at radius 3 is 2.39 bits per heavy atom. The van der Waals surface area contributed by atoms with E-state index in [1.807, 2.05) is 39.8 Å². The molecule has 1 N–H and O–H groups in total. The molecule has 0 amide bonds. The highest BCUT2D eigenvalue weighted by Gasteiger charge is 2.15. The first kappa shape index (κ1) is 15.5. The van der Waals surface area contributed by atoms with Crippen molar-refractivity contribution in [1.29, 1.82) is 0 Å². The van der Waals surface area contributed by atoms with Crippen molar-refractivity contribution in [1.82, 2.24) is 0 Å². The molecule has 18 heavy (non-hydrogen) atoms. The van der Waals surface area contributed by atoms with Gasteiger partial charge in [-0.3, -0.25) is 4.72 Å². The van der Waals surface area contributed by atoms with Crippen LogP contribution in [0.2, 0.25) is 0 Å². The first-order valence-corrected chi connectivity index (χ1v) is 8.43. The number of rotatable bonds is 5. The molecule has 1 rings (SSSR count). The number of aryl methyl sites for hydroxylation is 2. The van der Waals surface area contributed by atoms with Crippen LogP contribution in [0.1, 0.15) is 31.4 Å². The largest absolute Gasteiger partial charge is 0.282 e. The predicted molar refractivity (Wildman–Crippen MR) is 80.5 cm³/mol. The molecule has 0 saturated carbocycles. The fourth-order valence-electron chi connectivity index (χ4n) is 1.64. The molecular weight excluding hydrogens is 314 g/mol. The zero-order valence-corrected chi connectivity index (χ0v) is 13.7. The van der Waals surface area contributed by atoms with Crippen LogP contribution >= 0.6 is 15.9 Å². The molecule has 0 heterocycles. The standard InChI is InChI=1S/C13H20BrNO2S/c1-9(2)5-6-18(16,17)15-13-11(4)7-10(3)8-12(13)14/h7-9,15H,5-6H2,1-4H3. The van der Waals surface area contributed by atoms with Crippen LogP contribution in [0.4, 0.5) is 5.69 Å². The quantitative estimate of drug-likeness (QED) is 0.889. The van der Waals surface area contributed by atoms with Crippen molar-refractivity contribution in [2.24, 2.45) is 5.92 Å². The first-order chi connectivity index (χ1) is 8.21. The van der Waals surface area contributed by atoms with E-state index >= 15 is 0 Å². The van der Waals surface area contributed by atoms with Gasteiger partial charge in [0.1, 0.15) is 0 Å². The molecule has 0 aliphatic rings. The Kier molecular flexibility index (Phi) is 5.22. The lowest BCUT2D eigenvalue weighted by atomic mass is 10.1. The highest BCUT2D eigenvalue weighted by molar-refractivity contribution is 9.10. The highest BCUT2D eigenvalue weighted by atomic mass is 79.9. The van der Waals surface area contributed by atoms with Crippen molar-refractivity contribution in [2.45, 2.75) is 34.1 Å². The van der Waals surface area contributed by atoms with Crippen molar-refractivity contribution in [3.05, 3.63) is 27.7 Å². The molecule has 0 fully saturated rings. The molecule has 0 saturated heterocycles. The second kappa shape index (κ2) is 6.06. The first-order valence-electron chi connectivity index (χ1n) is 5.98. The third-order valence-electron chi connectivity index (χ3n) is 2.65. The summed E-state index contributed by atoms with van der Waals surface area (Å²) in [6.07, 6.45) is 0.665. The van der Waals surface area contributed by atoms with Crippen LogP contribution in [0.5, 0.6) is 0 Å². The molecular formula is C13H20BrNO2S. The minimum atomic E-state index is -3.27. The second-order valence-corrected chi connectivity index (χ2v) is 7.74. The van der Waals surface area contributed by atoms with Crippen LogP contribution in [0.25, 0.3) is 0 Å². The fourth-order valence-corrected chi connectivity index (χ4v) is 4.01. The van der Waals surface area contributed by atoms with E-state index in [1.165, 1.54) is 0 Å². The van der Waals surface area contributed by atoms with Crippen LogP contribution in [0.3, 0.4) is 0 Å². The van der Waals surface area contributed by atoms with Crippen molar-refractivity contribution in [3.8, 4) is 0 Å². The third-order valence-corrected chi connectivity index (χ3v) is 4.57. The molecule has 1 aromatic rings. The maximum absolute atomic E-state index is 12.0. The van der Waals surface area contributed by atoms with E-state index in [9.17, 15) is 8.42 Å². The number of halogens is 1. The average molecular weight is 334 g/mol. The summed E-state index contributed by atoms with van der Waals surface area (Å²) in [5.41, 5.74) is 2.67. The monoisotopic (exact) mass is 333 g/mol. The van der Waals surface area contributed by atoms with Gasteiger partial charge in [-0.05, 0) is 59.3 Å².